The average molecular weight is 192 g/mol. The molecule has 0 N–H and O–H groups in total. The Morgan fingerprint density at radius 2 is 1.67 bits per heavy atom. The zero-order chi connectivity index (χ0) is 9.03. The molecule has 0 unspecified atom stereocenters. The van der Waals surface area contributed by atoms with Crippen LogP contribution in [-0.2, 0) is 5.75 Å². The molecule has 0 aliphatic heterocycles. The third-order valence-electron chi connectivity index (χ3n) is 1.25. The van der Waals surface area contributed by atoms with Gasteiger partial charge < -0.3 is 0 Å². The van der Waals surface area contributed by atoms with Crippen molar-refractivity contribution in [2.45, 2.75) is 11.3 Å². The molecule has 0 bridgehead atoms. The van der Waals surface area contributed by atoms with Gasteiger partial charge in [0.2, 0.25) is 0 Å². The maximum atomic E-state index is 11.7. The van der Waals surface area contributed by atoms with Crippen LogP contribution in [0.15, 0.2) is 30.3 Å². The lowest BCUT2D eigenvalue weighted by Crippen LogP contribution is -2.00. The van der Waals surface area contributed by atoms with E-state index in [1.807, 2.05) is 0 Å². The molecule has 0 aromatic heterocycles. The summed E-state index contributed by atoms with van der Waals surface area (Å²) in [5, 5.41) is 0. The zero-order valence-electron chi connectivity index (χ0n) is 6.14. The van der Waals surface area contributed by atoms with E-state index >= 15 is 0 Å². The standard InChI is InChI=1S/C8H7F3S/c9-8(10,11)12-6-7-4-2-1-3-5-7/h1-5H,6H2. The van der Waals surface area contributed by atoms with Crippen LogP contribution >= 0.6 is 11.8 Å². The number of thioether (sulfide) groups is 1. The quantitative estimate of drug-likeness (QED) is 0.691. The van der Waals surface area contributed by atoms with E-state index < -0.39 is 5.51 Å². The van der Waals surface area contributed by atoms with Crippen molar-refractivity contribution in [1.29, 1.82) is 0 Å². The van der Waals surface area contributed by atoms with E-state index in [1.165, 1.54) is 0 Å². The Labute approximate surface area is 72.8 Å². The summed E-state index contributed by atoms with van der Waals surface area (Å²) >= 11 is -0.0133. The minimum atomic E-state index is -4.13. The lowest BCUT2D eigenvalue weighted by molar-refractivity contribution is -0.0329. The Morgan fingerprint density at radius 1 is 1.08 bits per heavy atom. The summed E-state index contributed by atoms with van der Waals surface area (Å²) in [6, 6.07) is 8.60. The third kappa shape index (κ3) is 3.67. The van der Waals surface area contributed by atoms with Gasteiger partial charge in [-0.25, -0.2) is 0 Å². The summed E-state index contributed by atoms with van der Waals surface area (Å²) in [5.74, 6) is -0.00958. The Balaban J connectivity index is 2.44. The molecule has 0 heterocycles. The van der Waals surface area contributed by atoms with E-state index in [4.69, 9.17) is 0 Å². The molecule has 0 aliphatic rings. The zero-order valence-corrected chi connectivity index (χ0v) is 6.95. The van der Waals surface area contributed by atoms with Gasteiger partial charge in [-0.3, -0.25) is 0 Å². The molecule has 0 nitrogen and oxygen atoms in total. The van der Waals surface area contributed by atoms with Crippen LogP contribution in [0.5, 0.6) is 0 Å². The van der Waals surface area contributed by atoms with E-state index in [0.29, 0.717) is 5.56 Å². The number of hydrogen-bond acceptors (Lipinski definition) is 1. The van der Waals surface area contributed by atoms with Gasteiger partial charge in [-0.05, 0) is 17.3 Å². The van der Waals surface area contributed by atoms with Crippen molar-refractivity contribution in [3.63, 3.8) is 0 Å². The smallest absolute Gasteiger partial charge is 0.160 e. The molecular weight excluding hydrogens is 185 g/mol. The molecule has 0 aliphatic carbocycles. The van der Waals surface area contributed by atoms with Crippen LogP contribution in [0.2, 0.25) is 0 Å². The largest absolute Gasteiger partial charge is 0.442 e. The van der Waals surface area contributed by atoms with Gasteiger partial charge >= 0.3 is 5.51 Å². The van der Waals surface area contributed by atoms with Gasteiger partial charge in [0.15, 0.2) is 0 Å². The molecule has 66 valence electrons. The molecule has 12 heavy (non-hydrogen) atoms. The minimum Gasteiger partial charge on any atom is -0.160 e. The van der Waals surface area contributed by atoms with Gasteiger partial charge in [0.05, 0.1) is 0 Å². The fourth-order valence-corrected chi connectivity index (χ4v) is 1.26. The van der Waals surface area contributed by atoms with Crippen LogP contribution in [0.1, 0.15) is 5.56 Å². The Bertz CT molecular complexity index is 230. The first-order chi connectivity index (χ1) is 5.58. The number of alkyl halides is 3. The summed E-state index contributed by atoms with van der Waals surface area (Å²) in [7, 11) is 0. The van der Waals surface area contributed by atoms with Gasteiger partial charge in [-0.2, -0.15) is 13.2 Å². The first kappa shape index (κ1) is 9.45. The molecule has 0 fully saturated rings. The molecular formula is C8H7F3S. The van der Waals surface area contributed by atoms with E-state index in [1.54, 1.807) is 30.3 Å². The summed E-state index contributed by atoms with van der Waals surface area (Å²) in [6.45, 7) is 0. The molecule has 0 amide bonds. The number of rotatable bonds is 2. The molecule has 0 radical (unpaired) electrons. The number of benzene rings is 1. The number of hydrogen-bond donors (Lipinski definition) is 0. The first-order valence-corrected chi connectivity index (χ1v) is 4.31. The summed E-state index contributed by atoms with van der Waals surface area (Å²) in [6.07, 6.45) is 0. The maximum absolute atomic E-state index is 11.7. The lowest BCUT2D eigenvalue weighted by atomic mass is 10.2. The fraction of sp³-hybridized carbons (Fsp3) is 0.250. The summed E-state index contributed by atoms with van der Waals surface area (Å²) < 4.78 is 35.1. The normalized spacial score (nSPS) is 11.6. The van der Waals surface area contributed by atoms with Crippen LogP contribution in [0.4, 0.5) is 13.2 Å². The van der Waals surface area contributed by atoms with E-state index in [-0.39, 0.29) is 17.5 Å². The maximum Gasteiger partial charge on any atom is 0.442 e. The summed E-state index contributed by atoms with van der Waals surface area (Å²) in [4.78, 5) is 0. The first-order valence-electron chi connectivity index (χ1n) is 3.32. The van der Waals surface area contributed by atoms with Crippen molar-refractivity contribution in [2.75, 3.05) is 0 Å². The Hall–Kier alpha value is -0.640. The van der Waals surface area contributed by atoms with Crippen molar-refractivity contribution in [2.24, 2.45) is 0 Å². The molecule has 1 aromatic carbocycles. The van der Waals surface area contributed by atoms with Gasteiger partial charge in [-0.1, -0.05) is 30.3 Å². The van der Waals surface area contributed by atoms with Crippen LogP contribution in [0.25, 0.3) is 0 Å². The van der Waals surface area contributed by atoms with Crippen molar-refractivity contribution in [3.05, 3.63) is 35.9 Å². The third-order valence-corrected chi connectivity index (χ3v) is 2.05. The monoisotopic (exact) mass is 192 g/mol. The lowest BCUT2D eigenvalue weighted by Gasteiger charge is -2.04. The molecule has 0 saturated heterocycles. The van der Waals surface area contributed by atoms with E-state index in [0.717, 1.165) is 0 Å². The van der Waals surface area contributed by atoms with Crippen LogP contribution in [0, 0.1) is 0 Å². The van der Waals surface area contributed by atoms with Crippen LogP contribution in [-0.4, -0.2) is 5.51 Å². The SMILES string of the molecule is FC(F)(F)SCc1ccccc1. The van der Waals surface area contributed by atoms with E-state index in [2.05, 4.69) is 0 Å². The molecule has 0 spiro atoms. The predicted molar refractivity (Wildman–Crippen MR) is 43.8 cm³/mol. The average Bonchev–Trinajstić information content (AvgIpc) is 2.02. The van der Waals surface area contributed by atoms with Crippen molar-refractivity contribution in [1.82, 2.24) is 0 Å². The van der Waals surface area contributed by atoms with Crippen molar-refractivity contribution >= 4 is 11.8 Å². The highest BCUT2D eigenvalue weighted by Gasteiger charge is 2.27. The van der Waals surface area contributed by atoms with Crippen molar-refractivity contribution < 1.29 is 13.2 Å². The van der Waals surface area contributed by atoms with E-state index in [9.17, 15) is 13.2 Å². The molecule has 0 atom stereocenters. The van der Waals surface area contributed by atoms with Gasteiger partial charge in [0.25, 0.3) is 0 Å². The second kappa shape index (κ2) is 3.85. The molecule has 0 saturated carbocycles. The van der Waals surface area contributed by atoms with Crippen LogP contribution in [0.3, 0.4) is 0 Å². The Kier molecular flexibility index (Phi) is 3.03. The van der Waals surface area contributed by atoms with Gasteiger partial charge in [0, 0.05) is 5.75 Å². The van der Waals surface area contributed by atoms with Crippen LogP contribution < -0.4 is 0 Å². The van der Waals surface area contributed by atoms with Crippen molar-refractivity contribution in [3.8, 4) is 0 Å². The molecule has 4 heteroatoms. The number of halogens is 3. The minimum absolute atomic E-state index is 0.00958. The summed E-state index contributed by atoms with van der Waals surface area (Å²) in [5.41, 5.74) is -3.43. The second-order valence-electron chi connectivity index (χ2n) is 2.22. The molecule has 1 rings (SSSR count). The second-order valence-corrected chi connectivity index (χ2v) is 3.26. The predicted octanol–water partition coefficient (Wildman–Crippen LogP) is 3.44. The van der Waals surface area contributed by atoms with Gasteiger partial charge in [-0.15, -0.1) is 0 Å². The van der Waals surface area contributed by atoms with Gasteiger partial charge in [0.1, 0.15) is 0 Å². The molecule has 1 aromatic rings. The Morgan fingerprint density at radius 3 is 2.17 bits per heavy atom. The highest BCUT2D eigenvalue weighted by Crippen LogP contribution is 2.32. The highest BCUT2D eigenvalue weighted by molar-refractivity contribution is 7.99. The fourth-order valence-electron chi connectivity index (χ4n) is 0.739. The topological polar surface area (TPSA) is 0 Å². The highest BCUT2D eigenvalue weighted by atomic mass is 32.2.